The van der Waals surface area contributed by atoms with Crippen molar-refractivity contribution < 1.29 is 4.74 Å². The number of benzene rings is 2. The van der Waals surface area contributed by atoms with E-state index in [9.17, 15) is 0 Å². The van der Waals surface area contributed by atoms with Crippen molar-refractivity contribution in [2.24, 2.45) is 0 Å². The van der Waals surface area contributed by atoms with E-state index in [1.165, 1.54) is 0 Å². The summed E-state index contributed by atoms with van der Waals surface area (Å²) in [5, 5.41) is 6.69. The van der Waals surface area contributed by atoms with Gasteiger partial charge in [0.05, 0.1) is 10.9 Å². The topological polar surface area (TPSA) is 53.1 Å². The first-order valence-electron chi connectivity index (χ1n) is 8.50. The molecule has 1 heterocycles. The Labute approximate surface area is 154 Å². The first-order valence-corrected chi connectivity index (χ1v) is 13.0. The molecule has 0 amide bonds. The van der Waals surface area contributed by atoms with Gasteiger partial charge in [0.1, 0.15) is 11.8 Å². The van der Waals surface area contributed by atoms with Crippen LogP contribution >= 0.6 is 11.8 Å². The first kappa shape index (κ1) is 18.0. The van der Waals surface area contributed by atoms with Gasteiger partial charge in [-0.05, 0) is 30.3 Å². The smallest absolute Gasteiger partial charge is 0.140 e. The Bertz CT molecular complexity index is 843. The van der Waals surface area contributed by atoms with Crippen molar-refractivity contribution in [3.63, 3.8) is 0 Å². The third-order valence-corrected chi connectivity index (χ3v) is 6.64. The van der Waals surface area contributed by atoms with Crippen molar-refractivity contribution in [1.82, 2.24) is 9.78 Å². The fourth-order valence-corrected chi connectivity index (χ4v) is 4.26. The Morgan fingerprint density at radius 3 is 2.56 bits per heavy atom. The summed E-state index contributed by atoms with van der Waals surface area (Å²) in [7, 11) is -1.08. The predicted octanol–water partition coefficient (Wildman–Crippen LogP) is 5.08. The molecule has 0 bridgehead atoms. The zero-order valence-corrected chi connectivity index (χ0v) is 16.8. The van der Waals surface area contributed by atoms with Gasteiger partial charge in [-0.3, -0.25) is 0 Å². The Balaban J connectivity index is 1.83. The largest absolute Gasteiger partial charge is 0.398 e. The fraction of sp³-hybridized carbons (Fsp3) is 0.316. The molecule has 25 heavy (non-hydrogen) atoms. The van der Waals surface area contributed by atoms with Crippen LogP contribution in [0.4, 0.5) is 5.69 Å². The van der Waals surface area contributed by atoms with Crippen molar-refractivity contribution in [1.29, 1.82) is 0 Å². The highest BCUT2D eigenvalue weighted by Gasteiger charge is 2.15. The van der Waals surface area contributed by atoms with Crippen LogP contribution in [0, 0.1) is 0 Å². The van der Waals surface area contributed by atoms with Crippen molar-refractivity contribution in [2.45, 2.75) is 42.3 Å². The SMILES string of the molecule is C[Si](C)(C)CCOCn1nc(Sc2ccccc2)c2c(N)cccc21. The summed E-state index contributed by atoms with van der Waals surface area (Å²) in [6.07, 6.45) is 0. The average molecular weight is 372 g/mol. The number of anilines is 1. The number of nitrogen functional groups attached to an aromatic ring is 1. The van der Waals surface area contributed by atoms with Crippen LogP contribution in [0.25, 0.3) is 10.9 Å². The molecule has 132 valence electrons. The summed E-state index contributed by atoms with van der Waals surface area (Å²) < 4.78 is 7.81. The van der Waals surface area contributed by atoms with Gasteiger partial charge in [-0.2, -0.15) is 5.10 Å². The minimum atomic E-state index is -1.08. The molecule has 0 radical (unpaired) electrons. The number of aromatic nitrogens is 2. The highest BCUT2D eigenvalue weighted by Crippen LogP contribution is 2.35. The molecular formula is C19H25N3OSSi. The molecule has 2 N–H and O–H groups in total. The molecular weight excluding hydrogens is 346 g/mol. The monoisotopic (exact) mass is 371 g/mol. The standard InChI is InChI=1S/C19H25N3OSSi/c1-25(2,3)13-12-23-14-22-17-11-7-10-16(20)18(17)19(21-22)24-15-8-5-4-6-9-15/h4-11H,12-14,20H2,1-3H3. The lowest BCUT2D eigenvalue weighted by molar-refractivity contribution is 0.0808. The van der Waals surface area contributed by atoms with Crippen LogP contribution in [0.1, 0.15) is 0 Å². The number of ether oxygens (including phenoxy) is 1. The molecule has 0 fully saturated rings. The van der Waals surface area contributed by atoms with Crippen LogP contribution in [0.15, 0.2) is 58.5 Å². The third-order valence-electron chi connectivity index (χ3n) is 3.95. The minimum Gasteiger partial charge on any atom is -0.398 e. The van der Waals surface area contributed by atoms with Crippen molar-refractivity contribution in [3.05, 3.63) is 48.5 Å². The molecule has 0 aliphatic rings. The normalized spacial score (nSPS) is 12.0. The summed E-state index contributed by atoms with van der Waals surface area (Å²) in [5.74, 6) is 0. The predicted molar refractivity (Wildman–Crippen MR) is 109 cm³/mol. The van der Waals surface area contributed by atoms with Gasteiger partial charge in [0.15, 0.2) is 0 Å². The lowest BCUT2D eigenvalue weighted by atomic mass is 10.2. The molecule has 1 aromatic heterocycles. The second-order valence-electron chi connectivity index (χ2n) is 7.31. The van der Waals surface area contributed by atoms with E-state index in [-0.39, 0.29) is 0 Å². The van der Waals surface area contributed by atoms with Gasteiger partial charge in [0.2, 0.25) is 0 Å². The van der Waals surface area contributed by atoms with E-state index in [1.807, 2.05) is 35.0 Å². The van der Waals surface area contributed by atoms with Gasteiger partial charge in [0.25, 0.3) is 0 Å². The van der Waals surface area contributed by atoms with Crippen LogP contribution in [-0.2, 0) is 11.5 Å². The van der Waals surface area contributed by atoms with Gasteiger partial charge in [0, 0.05) is 25.3 Å². The Morgan fingerprint density at radius 1 is 1.08 bits per heavy atom. The number of hydrogen-bond donors (Lipinski definition) is 1. The Morgan fingerprint density at radius 2 is 1.84 bits per heavy atom. The number of fused-ring (bicyclic) bond motifs is 1. The van der Waals surface area contributed by atoms with E-state index in [0.29, 0.717) is 6.73 Å². The first-order chi connectivity index (χ1) is 11.9. The molecule has 2 aromatic carbocycles. The summed E-state index contributed by atoms with van der Waals surface area (Å²) >= 11 is 1.63. The molecule has 6 heteroatoms. The van der Waals surface area contributed by atoms with E-state index in [4.69, 9.17) is 15.6 Å². The fourth-order valence-electron chi connectivity index (χ4n) is 2.52. The van der Waals surface area contributed by atoms with Gasteiger partial charge in [-0.1, -0.05) is 55.7 Å². The van der Waals surface area contributed by atoms with E-state index >= 15 is 0 Å². The zero-order valence-electron chi connectivity index (χ0n) is 15.0. The molecule has 0 unspecified atom stereocenters. The highest BCUT2D eigenvalue weighted by molar-refractivity contribution is 7.99. The molecule has 4 nitrogen and oxygen atoms in total. The number of hydrogen-bond acceptors (Lipinski definition) is 4. The van der Waals surface area contributed by atoms with Gasteiger partial charge in [-0.15, -0.1) is 0 Å². The van der Waals surface area contributed by atoms with Gasteiger partial charge in [-0.25, -0.2) is 4.68 Å². The van der Waals surface area contributed by atoms with E-state index in [0.717, 1.165) is 39.2 Å². The zero-order chi connectivity index (χ0) is 17.9. The van der Waals surface area contributed by atoms with Crippen LogP contribution in [0.2, 0.25) is 25.7 Å². The number of nitrogens with zero attached hydrogens (tertiary/aromatic N) is 2. The van der Waals surface area contributed by atoms with E-state index < -0.39 is 8.07 Å². The Hall–Kier alpha value is -1.76. The average Bonchev–Trinajstić information content (AvgIpc) is 2.91. The summed E-state index contributed by atoms with van der Waals surface area (Å²) in [4.78, 5) is 1.15. The number of nitrogens with two attached hydrogens (primary N) is 1. The van der Waals surface area contributed by atoms with E-state index in [2.05, 4.69) is 37.8 Å². The van der Waals surface area contributed by atoms with Crippen LogP contribution in [-0.4, -0.2) is 24.5 Å². The molecule has 0 aliphatic carbocycles. The maximum atomic E-state index is 6.23. The van der Waals surface area contributed by atoms with Crippen LogP contribution in [0.3, 0.4) is 0 Å². The number of rotatable bonds is 7. The van der Waals surface area contributed by atoms with Crippen molar-refractivity contribution >= 4 is 36.4 Å². The van der Waals surface area contributed by atoms with Crippen molar-refractivity contribution in [3.8, 4) is 0 Å². The second-order valence-corrected chi connectivity index (χ2v) is 14.0. The Kier molecular flexibility index (Phi) is 5.51. The van der Waals surface area contributed by atoms with Crippen LogP contribution < -0.4 is 5.73 Å². The second kappa shape index (κ2) is 7.64. The molecule has 3 aromatic rings. The van der Waals surface area contributed by atoms with Gasteiger partial charge < -0.3 is 10.5 Å². The highest BCUT2D eigenvalue weighted by atomic mass is 32.2. The maximum Gasteiger partial charge on any atom is 0.140 e. The molecule has 0 atom stereocenters. The molecule has 3 rings (SSSR count). The summed E-state index contributed by atoms with van der Waals surface area (Å²) in [6, 6.07) is 17.3. The molecule has 0 saturated carbocycles. The van der Waals surface area contributed by atoms with Gasteiger partial charge >= 0.3 is 0 Å². The van der Waals surface area contributed by atoms with Crippen molar-refractivity contribution in [2.75, 3.05) is 12.3 Å². The lowest BCUT2D eigenvalue weighted by Gasteiger charge is -2.15. The third kappa shape index (κ3) is 4.65. The van der Waals surface area contributed by atoms with E-state index in [1.54, 1.807) is 11.8 Å². The molecule has 0 spiro atoms. The summed E-state index contributed by atoms with van der Waals surface area (Å²) in [5.41, 5.74) is 8.01. The summed E-state index contributed by atoms with van der Waals surface area (Å²) in [6.45, 7) is 8.30. The molecule has 0 aliphatic heterocycles. The van der Waals surface area contributed by atoms with Crippen LogP contribution in [0.5, 0.6) is 0 Å². The minimum absolute atomic E-state index is 0.458. The molecule has 0 saturated heterocycles. The maximum absolute atomic E-state index is 6.23. The quantitative estimate of drug-likeness (QED) is 0.357. The lowest BCUT2D eigenvalue weighted by Crippen LogP contribution is -2.22.